The van der Waals surface area contributed by atoms with Crippen LogP contribution in [0.25, 0.3) is 0 Å². The highest BCUT2D eigenvalue weighted by Crippen LogP contribution is 2.12. The molecule has 0 spiro atoms. The van der Waals surface area contributed by atoms with Crippen LogP contribution in [0, 0.1) is 5.92 Å². The number of urea groups is 1. The van der Waals surface area contributed by atoms with Crippen molar-refractivity contribution in [1.82, 2.24) is 10.2 Å². The van der Waals surface area contributed by atoms with E-state index in [4.69, 9.17) is 0 Å². The van der Waals surface area contributed by atoms with E-state index in [1.54, 1.807) is 0 Å². The predicted octanol–water partition coefficient (Wildman–Crippen LogP) is -2.98. The molecule has 18 heavy (non-hydrogen) atoms. The van der Waals surface area contributed by atoms with Gasteiger partial charge in [0.15, 0.2) is 0 Å². The van der Waals surface area contributed by atoms with Gasteiger partial charge in [0, 0.05) is 0 Å². The molecule has 0 aliphatic carbocycles. The van der Waals surface area contributed by atoms with Crippen molar-refractivity contribution in [3.63, 3.8) is 0 Å². The van der Waals surface area contributed by atoms with Crippen molar-refractivity contribution in [1.29, 1.82) is 0 Å². The van der Waals surface area contributed by atoms with Crippen molar-refractivity contribution in [2.24, 2.45) is 5.92 Å². The average Bonchev–Trinajstić information content (AvgIpc) is 2.64. The summed E-state index contributed by atoms with van der Waals surface area (Å²) in [4.78, 5) is 26.7. The average molecular weight is 256 g/mol. The summed E-state index contributed by atoms with van der Waals surface area (Å²) >= 11 is 0. The van der Waals surface area contributed by atoms with Gasteiger partial charge in [0.05, 0.1) is 13.1 Å². The molecule has 0 aromatic heterocycles. The number of carbonyl (C=O) groups is 2. The van der Waals surface area contributed by atoms with Crippen LogP contribution in [0.15, 0.2) is 0 Å². The van der Waals surface area contributed by atoms with E-state index in [1.165, 1.54) is 9.80 Å². The number of amides is 3. The standard InChI is InChI=1S/C12H22N4O2/c1-9(2)10-11(17)16(12(18)14-10)8-7-15-5-3-13-4-6-15/h9-10,13H,3-8H2,1-2H3,(H,14,18)/p+2/t10-/m1/s1. The number of quaternary nitrogens is 2. The Morgan fingerprint density at radius 3 is 2.61 bits per heavy atom. The van der Waals surface area contributed by atoms with E-state index in [1.807, 2.05) is 13.8 Å². The Hall–Kier alpha value is -1.14. The second-order valence-corrected chi connectivity index (χ2v) is 5.53. The van der Waals surface area contributed by atoms with Gasteiger partial charge in [0.2, 0.25) is 0 Å². The van der Waals surface area contributed by atoms with Crippen LogP contribution in [-0.4, -0.2) is 62.1 Å². The summed E-state index contributed by atoms with van der Waals surface area (Å²) in [5, 5.41) is 5.07. The molecule has 0 bridgehead atoms. The summed E-state index contributed by atoms with van der Waals surface area (Å²) in [5.41, 5.74) is 0. The quantitative estimate of drug-likeness (QED) is 0.470. The minimum absolute atomic E-state index is 0.0574. The van der Waals surface area contributed by atoms with E-state index in [9.17, 15) is 9.59 Å². The molecule has 2 aliphatic rings. The number of rotatable bonds is 4. The van der Waals surface area contributed by atoms with E-state index in [0.29, 0.717) is 6.54 Å². The van der Waals surface area contributed by atoms with Crippen LogP contribution in [0.3, 0.4) is 0 Å². The van der Waals surface area contributed by atoms with Crippen molar-refractivity contribution in [3.8, 4) is 0 Å². The molecule has 4 N–H and O–H groups in total. The van der Waals surface area contributed by atoms with Gasteiger partial charge < -0.3 is 15.5 Å². The summed E-state index contributed by atoms with van der Waals surface area (Å²) in [5.74, 6) is 0.0985. The molecule has 0 aromatic rings. The van der Waals surface area contributed by atoms with Gasteiger partial charge in [0.1, 0.15) is 32.2 Å². The Balaban J connectivity index is 1.85. The molecule has 2 fully saturated rings. The molecule has 3 amide bonds. The number of nitrogens with zero attached hydrogens (tertiary/aromatic N) is 1. The van der Waals surface area contributed by atoms with Crippen LogP contribution in [-0.2, 0) is 4.79 Å². The summed E-state index contributed by atoms with van der Waals surface area (Å²) in [6.07, 6.45) is 0. The maximum atomic E-state index is 12.1. The molecule has 1 atom stereocenters. The van der Waals surface area contributed by atoms with Crippen LogP contribution >= 0.6 is 0 Å². The zero-order valence-electron chi connectivity index (χ0n) is 11.2. The van der Waals surface area contributed by atoms with E-state index < -0.39 is 0 Å². The first-order valence-corrected chi connectivity index (χ1v) is 6.86. The Kier molecular flexibility index (Phi) is 4.19. The van der Waals surface area contributed by atoms with Crippen LogP contribution in [0.2, 0.25) is 0 Å². The maximum absolute atomic E-state index is 12.1. The number of carbonyl (C=O) groups excluding carboxylic acids is 2. The highest BCUT2D eigenvalue weighted by molar-refractivity contribution is 6.04. The Morgan fingerprint density at radius 1 is 1.39 bits per heavy atom. The largest absolute Gasteiger partial charge is 0.337 e. The maximum Gasteiger partial charge on any atom is 0.325 e. The van der Waals surface area contributed by atoms with Crippen LogP contribution in [0.4, 0.5) is 4.79 Å². The third kappa shape index (κ3) is 2.81. The van der Waals surface area contributed by atoms with Gasteiger partial charge in [-0.3, -0.25) is 9.69 Å². The highest BCUT2D eigenvalue weighted by atomic mass is 16.2. The smallest absolute Gasteiger partial charge is 0.325 e. The Morgan fingerprint density at radius 2 is 2.06 bits per heavy atom. The number of nitrogens with one attached hydrogen (secondary N) is 2. The monoisotopic (exact) mass is 256 g/mol. The number of hydrogen-bond donors (Lipinski definition) is 3. The molecule has 6 heteroatoms. The van der Waals surface area contributed by atoms with Crippen LogP contribution < -0.4 is 15.5 Å². The lowest BCUT2D eigenvalue weighted by molar-refractivity contribution is -0.946. The van der Waals surface area contributed by atoms with Gasteiger partial charge in [-0.25, -0.2) is 4.79 Å². The third-order valence-corrected chi connectivity index (χ3v) is 3.82. The fourth-order valence-corrected chi connectivity index (χ4v) is 2.61. The lowest BCUT2D eigenvalue weighted by Gasteiger charge is -2.23. The van der Waals surface area contributed by atoms with Crippen LogP contribution in [0.1, 0.15) is 13.8 Å². The second-order valence-electron chi connectivity index (χ2n) is 5.53. The molecule has 2 aliphatic heterocycles. The third-order valence-electron chi connectivity index (χ3n) is 3.82. The van der Waals surface area contributed by atoms with Crippen molar-refractivity contribution >= 4 is 11.9 Å². The Bertz CT molecular complexity index is 326. The molecule has 2 rings (SSSR count). The van der Waals surface area contributed by atoms with Crippen molar-refractivity contribution in [2.75, 3.05) is 39.3 Å². The molecule has 102 valence electrons. The summed E-state index contributed by atoms with van der Waals surface area (Å²) in [6, 6.07) is -0.552. The first-order chi connectivity index (χ1) is 8.59. The van der Waals surface area contributed by atoms with E-state index in [2.05, 4.69) is 10.6 Å². The topological polar surface area (TPSA) is 70.5 Å². The van der Waals surface area contributed by atoms with Crippen molar-refractivity contribution in [2.45, 2.75) is 19.9 Å². The van der Waals surface area contributed by atoms with E-state index in [-0.39, 0.29) is 23.9 Å². The number of hydrogen-bond acceptors (Lipinski definition) is 2. The molecule has 6 nitrogen and oxygen atoms in total. The van der Waals surface area contributed by atoms with Gasteiger partial charge in [0.25, 0.3) is 5.91 Å². The minimum Gasteiger partial charge on any atom is -0.337 e. The predicted molar refractivity (Wildman–Crippen MR) is 66.1 cm³/mol. The number of nitrogens with two attached hydrogens (primary N) is 1. The van der Waals surface area contributed by atoms with Crippen LogP contribution in [0.5, 0.6) is 0 Å². The molecule has 2 saturated heterocycles. The number of imide groups is 1. The van der Waals surface area contributed by atoms with E-state index in [0.717, 1.165) is 32.7 Å². The zero-order valence-corrected chi connectivity index (χ0v) is 11.2. The van der Waals surface area contributed by atoms with Crippen molar-refractivity contribution in [3.05, 3.63) is 0 Å². The lowest BCUT2D eigenvalue weighted by atomic mass is 10.1. The summed E-state index contributed by atoms with van der Waals surface area (Å²) in [6.45, 7) is 9.86. The van der Waals surface area contributed by atoms with Gasteiger partial charge in [-0.05, 0) is 5.92 Å². The first kappa shape index (κ1) is 13.3. The SMILES string of the molecule is CC(C)[C@H]1NC(=O)N(CC[NH+]2CC[NH2+]CC2)C1=O. The van der Waals surface area contributed by atoms with Gasteiger partial charge in [-0.2, -0.15) is 0 Å². The molecule has 2 heterocycles. The molecule has 0 aromatic carbocycles. The first-order valence-electron chi connectivity index (χ1n) is 6.86. The molecular weight excluding hydrogens is 232 g/mol. The molecular formula is C12H24N4O2+2. The molecule has 0 radical (unpaired) electrons. The number of piperazine rings is 1. The summed E-state index contributed by atoms with van der Waals surface area (Å²) in [7, 11) is 0. The molecule has 0 saturated carbocycles. The lowest BCUT2D eigenvalue weighted by Crippen LogP contribution is -3.20. The Labute approximate surface area is 108 Å². The normalized spacial score (nSPS) is 25.9. The fraction of sp³-hybridized carbons (Fsp3) is 0.833. The second kappa shape index (κ2) is 5.67. The summed E-state index contributed by atoms with van der Waals surface area (Å²) < 4.78 is 0. The van der Waals surface area contributed by atoms with Gasteiger partial charge >= 0.3 is 6.03 Å². The van der Waals surface area contributed by atoms with Gasteiger partial charge in [-0.1, -0.05) is 13.8 Å². The zero-order chi connectivity index (χ0) is 13.1. The minimum atomic E-state index is -0.331. The highest BCUT2D eigenvalue weighted by Gasteiger charge is 2.39. The fourth-order valence-electron chi connectivity index (χ4n) is 2.61. The molecule has 0 unspecified atom stereocenters. The van der Waals surface area contributed by atoms with Gasteiger partial charge in [-0.15, -0.1) is 0 Å². The van der Waals surface area contributed by atoms with Crippen molar-refractivity contribution < 1.29 is 19.8 Å². The van der Waals surface area contributed by atoms with E-state index >= 15 is 0 Å².